The number of amides is 3. The van der Waals surface area contributed by atoms with Gasteiger partial charge in [-0.25, -0.2) is 4.68 Å². The molecule has 2 aliphatic rings. The molecule has 2 aliphatic heterocycles. The van der Waals surface area contributed by atoms with E-state index in [0.29, 0.717) is 22.6 Å². The van der Waals surface area contributed by atoms with Crippen LogP contribution in [0.3, 0.4) is 0 Å². The van der Waals surface area contributed by atoms with Gasteiger partial charge in [0.05, 0.1) is 17.6 Å². The number of hydrogen-bond acceptors (Lipinski definition) is 4. The zero-order valence-electron chi connectivity index (χ0n) is 17.2. The van der Waals surface area contributed by atoms with Gasteiger partial charge in [-0.2, -0.15) is 5.10 Å². The van der Waals surface area contributed by atoms with Crippen molar-refractivity contribution in [1.82, 2.24) is 9.78 Å². The summed E-state index contributed by atoms with van der Waals surface area (Å²) in [6.45, 7) is 3.58. The molecule has 3 heterocycles. The fourth-order valence-corrected chi connectivity index (χ4v) is 4.82. The number of fused-ring (bicyclic) bond motifs is 4. The molecule has 0 aliphatic carbocycles. The lowest BCUT2D eigenvalue weighted by atomic mass is 9.71. The first-order valence-corrected chi connectivity index (χ1v) is 9.99. The Hall–Kier alpha value is -3.94. The molecule has 8 nitrogen and oxygen atoms in total. The van der Waals surface area contributed by atoms with Crippen molar-refractivity contribution in [1.29, 1.82) is 0 Å². The molecule has 0 saturated heterocycles. The van der Waals surface area contributed by atoms with E-state index in [2.05, 4.69) is 10.4 Å². The maximum atomic E-state index is 13.8. The second-order valence-corrected chi connectivity index (χ2v) is 8.06. The standard InChI is InChI=1S/C23H21N5O3/c1-13-6-3-4-9-17(13)28-21-16(11-25-28)23(10-19(30)26-21)15-8-5-7-14(2)20(15)27(22(23)31)12-18(24)29/h3-9,11H,10,12H2,1-2H3,(H2,24,29)(H,26,30)/t23-/m1/s1. The van der Waals surface area contributed by atoms with Crippen molar-refractivity contribution >= 4 is 29.2 Å². The lowest BCUT2D eigenvalue weighted by molar-refractivity contribution is -0.127. The summed E-state index contributed by atoms with van der Waals surface area (Å²) in [5.74, 6) is -0.774. The van der Waals surface area contributed by atoms with Gasteiger partial charge in [-0.05, 0) is 36.6 Å². The average molecular weight is 415 g/mol. The van der Waals surface area contributed by atoms with Crippen LogP contribution >= 0.6 is 0 Å². The van der Waals surface area contributed by atoms with Crippen molar-refractivity contribution in [3.63, 3.8) is 0 Å². The number of rotatable bonds is 3. The summed E-state index contributed by atoms with van der Waals surface area (Å²) in [6, 6.07) is 13.3. The predicted molar refractivity (Wildman–Crippen MR) is 115 cm³/mol. The molecule has 0 radical (unpaired) electrons. The lowest BCUT2D eigenvalue weighted by Crippen LogP contribution is -2.48. The van der Waals surface area contributed by atoms with Crippen LogP contribution in [0.2, 0.25) is 0 Å². The van der Waals surface area contributed by atoms with Crippen LogP contribution in [0.4, 0.5) is 11.5 Å². The van der Waals surface area contributed by atoms with Crippen LogP contribution in [0.15, 0.2) is 48.7 Å². The lowest BCUT2D eigenvalue weighted by Gasteiger charge is -2.32. The normalized spacial score (nSPS) is 19.4. The summed E-state index contributed by atoms with van der Waals surface area (Å²) in [5.41, 5.74) is 8.76. The van der Waals surface area contributed by atoms with E-state index >= 15 is 0 Å². The van der Waals surface area contributed by atoms with E-state index in [1.807, 2.05) is 56.3 Å². The molecule has 2 aromatic carbocycles. The SMILES string of the molecule is Cc1ccccc1-n1ncc2c1NC(=O)C[C@]21C(=O)N(CC(N)=O)c2c(C)cccc21. The van der Waals surface area contributed by atoms with Crippen LogP contribution in [0.5, 0.6) is 0 Å². The number of para-hydroxylation sites is 2. The number of nitrogens with two attached hydrogens (primary N) is 1. The fraction of sp³-hybridized carbons (Fsp3) is 0.217. The summed E-state index contributed by atoms with van der Waals surface area (Å²) in [6.07, 6.45) is 1.57. The first-order valence-electron chi connectivity index (χ1n) is 9.99. The minimum absolute atomic E-state index is 0.0655. The zero-order valence-corrected chi connectivity index (χ0v) is 17.2. The van der Waals surface area contributed by atoms with Gasteiger partial charge >= 0.3 is 0 Å². The van der Waals surface area contributed by atoms with Gasteiger partial charge in [0.15, 0.2) is 0 Å². The number of nitrogens with one attached hydrogen (secondary N) is 1. The molecule has 8 heteroatoms. The number of hydrogen-bond donors (Lipinski definition) is 2. The van der Waals surface area contributed by atoms with E-state index in [9.17, 15) is 14.4 Å². The number of carbonyl (C=O) groups excluding carboxylic acids is 3. The summed E-state index contributed by atoms with van der Waals surface area (Å²) >= 11 is 0. The van der Waals surface area contributed by atoms with E-state index in [-0.39, 0.29) is 24.8 Å². The van der Waals surface area contributed by atoms with E-state index in [1.54, 1.807) is 10.9 Å². The second-order valence-electron chi connectivity index (χ2n) is 8.06. The number of primary amides is 1. The van der Waals surface area contributed by atoms with Crippen molar-refractivity contribution in [2.24, 2.45) is 5.73 Å². The molecule has 5 rings (SSSR count). The molecule has 31 heavy (non-hydrogen) atoms. The highest BCUT2D eigenvalue weighted by atomic mass is 16.2. The molecule has 0 saturated carbocycles. The number of aromatic nitrogens is 2. The van der Waals surface area contributed by atoms with Gasteiger partial charge in [0.1, 0.15) is 17.8 Å². The number of nitrogens with zero attached hydrogens (tertiary/aromatic N) is 3. The van der Waals surface area contributed by atoms with E-state index in [4.69, 9.17) is 5.73 Å². The third-order valence-corrected chi connectivity index (χ3v) is 6.15. The molecule has 1 spiro atoms. The second kappa shape index (κ2) is 6.53. The Kier molecular flexibility index (Phi) is 4.01. The van der Waals surface area contributed by atoms with Gasteiger partial charge in [-0.15, -0.1) is 0 Å². The van der Waals surface area contributed by atoms with Crippen molar-refractivity contribution < 1.29 is 14.4 Å². The summed E-state index contributed by atoms with van der Waals surface area (Å²) in [7, 11) is 0. The quantitative estimate of drug-likeness (QED) is 0.681. The molecule has 1 atom stereocenters. The Labute approximate surface area is 178 Å². The largest absolute Gasteiger partial charge is 0.368 e. The number of anilines is 2. The smallest absolute Gasteiger partial charge is 0.243 e. The van der Waals surface area contributed by atoms with Crippen molar-refractivity contribution in [2.45, 2.75) is 25.7 Å². The van der Waals surface area contributed by atoms with Crippen LogP contribution in [-0.2, 0) is 19.8 Å². The van der Waals surface area contributed by atoms with Gasteiger partial charge in [0.25, 0.3) is 0 Å². The minimum atomic E-state index is -1.25. The Morgan fingerprint density at radius 1 is 1.10 bits per heavy atom. The highest BCUT2D eigenvalue weighted by Crippen LogP contribution is 2.53. The first-order chi connectivity index (χ1) is 14.8. The number of carbonyl (C=O) groups is 3. The molecule has 0 fully saturated rings. The number of benzene rings is 2. The van der Waals surface area contributed by atoms with E-state index < -0.39 is 11.3 Å². The Morgan fingerprint density at radius 3 is 2.58 bits per heavy atom. The molecule has 3 aromatic rings. The molecule has 156 valence electrons. The Morgan fingerprint density at radius 2 is 1.84 bits per heavy atom. The fourth-order valence-electron chi connectivity index (χ4n) is 4.82. The third-order valence-electron chi connectivity index (χ3n) is 6.15. The maximum Gasteiger partial charge on any atom is 0.243 e. The third kappa shape index (κ3) is 2.54. The summed E-state index contributed by atoms with van der Waals surface area (Å²) in [4.78, 5) is 39.9. The van der Waals surface area contributed by atoms with Crippen LogP contribution < -0.4 is 16.0 Å². The van der Waals surface area contributed by atoms with Crippen molar-refractivity contribution in [3.8, 4) is 5.69 Å². The van der Waals surface area contributed by atoms with Gasteiger partial charge in [-0.3, -0.25) is 14.4 Å². The van der Waals surface area contributed by atoms with Crippen LogP contribution in [0.1, 0.15) is 28.7 Å². The molecule has 3 N–H and O–H groups in total. The molecular weight excluding hydrogens is 394 g/mol. The monoisotopic (exact) mass is 415 g/mol. The Bertz CT molecular complexity index is 1280. The highest BCUT2D eigenvalue weighted by Gasteiger charge is 2.57. The van der Waals surface area contributed by atoms with E-state index in [0.717, 1.165) is 16.8 Å². The predicted octanol–water partition coefficient (Wildman–Crippen LogP) is 1.95. The van der Waals surface area contributed by atoms with Gasteiger partial charge < -0.3 is 16.0 Å². The van der Waals surface area contributed by atoms with Crippen LogP contribution in [0, 0.1) is 13.8 Å². The Balaban J connectivity index is 1.78. The van der Waals surface area contributed by atoms with Gasteiger partial charge in [-0.1, -0.05) is 36.4 Å². The van der Waals surface area contributed by atoms with Gasteiger partial charge in [0, 0.05) is 12.0 Å². The average Bonchev–Trinajstić information content (AvgIpc) is 3.23. The molecular formula is C23H21N5O3. The van der Waals surface area contributed by atoms with Crippen LogP contribution in [-0.4, -0.2) is 34.0 Å². The molecule has 1 aromatic heterocycles. The summed E-state index contributed by atoms with van der Waals surface area (Å²) < 4.78 is 1.66. The molecule has 3 amide bonds. The topological polar surface area (TPSA) is 110 Å². The zero-order chi connectivity index (χ0) is 21.9. The minimum Gasteiger partial charge on any atom is -0.368 e. The van der Waals surface area contributed by atoms with Crippen LogP contribution in [0.25, 0.3) is 5.69 Å². The van der Waals surface area contributed by atoms with E-state index in [1.165, 1.54) is 4.90 Å². The number of aryl methyl sites for hydroxylation is 2. The van der Waals surface area contributed by atoms with Crippen molar-refractivity contribution in [3.05, 3.63) is 70.9 Å². The molecule has 0 unspecified atom stereocenters. The highest BCUT2D eigenvalue weighted by molar-refractivity contribution is 6.17. The molecule has 0 bridgehead atoms. The first kappa shape index (κ1) is 19.0. The maximum absolute atomic E-state index is 13.8. The van der Waals surface area contributed by atoms with Crippen molar-refractivity contribution in [2.75, 3.05) is 16.8 Å². The summed E-state index contributed by atoms with van der Waals surface area (Å²) in [5, 5.41) is 7.44. The van der Waals surface area contributed by atoms with Gasteiger partial charge in [0.2, 0.25) is 17.7 Å².